The lowest BCUT2D eigenvalue weighted by Crippen LogP contribution is -2.16. The standard InChI is InChI=1S/C17H9N3O3S/c21-15(17(22)23)13-9-5-1-2-6-10(9)14(20-19-13)16-18-11-7-3-4-8-12(11)24-16/h1-8H,(H,22,23). The summed E-state index contributed by atoms with van der Waals surface area (Å²) >= 11 is 1.47. The third-order valence-corrected chi connectivity index (χ3v) is 4.64. The summed E-state index contributed by atoms with van der Waals surface area (Å²) in [5, 5.41) is 18.7. The van der Waals surface area contributed by atoms with E-state index in [1.54, 1.807) is 24.3 Å². The second-order valence-electron chi connectivity index (χ2n) is 5.06. The topological polar surface area (TPSA) is 93.0 Å². The molecule has 0 spiro atoms. The molecule has 2 aromatic heterocycles. The molecule has 4 aromatic rings. The molecule has 0 aliphatic carbocycles. The van der Waals surface area contributed by atoms with Crippen LogP contribution in [0.15, 0.2) is 48.5 Å². The number of rotatable bonds is 3. The number of Topliss-reactive ketones (excluding diaryl/α,β-unsaturated/α-hetero) is 1. The van der Waals surface area contributed by atoms with E-state index < -0.39 is 11.8 Å². The Bertz CT molecular complexity index is 1090. The molecule has 7 heteroatoms. The van der Waals surface area contributed by atoms with Crippen LogP contribution < -0.4 is 0 Å². The van der Waals surface area contributed by atoms with Crippen LogP contribution >= 0.6 is 11.3 Å². The Morgan fingerprint density at radius 2 is 1.62 bits per heavy atom. The van der Waals surface area contributed by atoms with E-state index in [1.165, 1.54) is 11.3 Å². The lowest BCUT2D eigenvalue weighted by Gasteiger charge is -2.05. The minimum atomic E-state index is -1.55. The first-order valence-electron chi connectivity index (χ1n) is 7.04. The van der Waals surface area contributed by atoms with Gasteiger partial charge < -0.3 is 5.11 Å². The summed E-state index contributed by atoms with van der Waals surface area (Å²) in [6.45, 7) is 0. The number of hydrogen-bond donors (Lipinski definition) is 1. The van der Waals surface area contributed by atoms with Crippen LogP contribution in [0.3, 0.4) is 0 Å². The predicted molar refractivity (Wildman–Crippen MR) is 90.1 cm³/mol. The van der Waals surface area contributed by atoms with Crippen molar-refractivity contribution in [1.29, 1.82) is 0 Å². The number of benzene rings is 2. The molecular formula is C17H9N3O3S. The minimum Gasteiger partial charge on any atom is -0.475 e. The van der Waals surface area contributed by atoms with Crippen molar-refractivity contribution in [2.45, 2.75) is 0 Å². The van der Waals surface area contributed by atoms with Crippen LogP contribution in [0, 0.1) is 0 Å². The molecule has 4 rings (SSSR count). The van der Waals surface area contributed by atoms with E-state index in [-0.39, 0.29) is 5.69 Å². The zero-order chi connectivity index (χ0) is 16.7. The first-order valence-corrected chi connectivity index (χ1v) is 7.86. The van der Waals surface area contributed by atoms with Gasteiger partial charge in [0.05, 0.1) is 10.2 Å². The van der Waals surface area contributed by atoms with Gasteiger partial charge in [-0.15, -0.1) is 21.5 Å². The average Bonchev–Trinajstić information content (AvgIpc) is 3.04. The van der Waals surface area contributed by atoms with E-state index in [1.807, 2.05) is 24.3 Å². The van der Waals surface area contributed by atoms with Crippen LogP contribution in [0.25, 0.3) is 31.7 Å². The molecule has 0 fully saturated rings. The molecule has 0 aliphatic rings. The molecule has 6 nitrogen and oxygen atoms in total. The fourth-order valence-electron chi connectivity index (χ4n) is 2.50. The van der Waals surface area contributed by atoms with Gasteiger partial charge in [0.15, 0.2) is 0 Å². The number of hydrogen-bond acceptors (Lipinski definition) is 6. The first kappa shape index (κ1) is 14.4. The summed E-state index contributed by atoms with van der Waals surface area (Å²) in [4.78, 5) is 27.4. The Hall–Kier alpha value is -3.19. The molecule has 0 bridgehead atoms. The molecule has 24 heavy (non-hydrogen) atoms. The minimum absolute atomic E-state index is 0.164. The van der Waals surface area contributed by atoms with Gasteiger partial charge in [0, 0.05) is 10.8 Å². The molecule has 116 valence electrons. The van der Waals surface area contributed by atoms with Crippen LogP contribution in [0.1, 0.15) is 10.5 Å². The van der Waals surface area contributed by atoms with Gasteiger partial charge in [-0.25, -0.2) is 9.78 Å². The van der Waals surface area contributed by atoms with Crippen LogP contribution in [-0.2, 0) is 4.79 Å². The second kappa shape index (κ2) is 5.47. The summed E-state index contributed by atoms with van der Waals surface area (Å²) in [6, 6.07) is 14.7. The van der Waals surface area contributed by atoms with Crippen molar-refractivity contribution in [2.75, 3.05) is 0 Å². The Balaban J connectivity index is 1.99. The normalized spacial score (nSPS) is 11.0. The number of thiazole rings is 1. The molecular weight excluding hydrogens is 326 g/mol. The van der Waals surface area contributed by atoms with Gasteiger partial charge in [-0.1, -0.05) is 36.4 Å². The molecule has 0 atom stereocenters. The first-order chi connectivity index (χ1) is 11.6. The fraction of sp³-hybridized carbons (Fsp3) is 0. The highest BCUT2D eigenvalue weighted by atomic mass is 32.1. The maximum atomic E-state index is 11.8. The molecule has 0 amide bonds. The highest BCUT2D eigenvalue weighted by molar-refractivity contribution is 7.21. The second-order valence-corrected chi connectivity index (χ2v) is 6.09. The molecule has 0 unspecified atom stereocenters. The number of aromatic nitrogens is 3. The Labute approximate surface area is 139 Å². The molecule has 0 saturated heterocycles. The highest BCUT2D eigenvalue weighted by Gasteiger charge is 2.22. The SMILES string of the molecule is O=C(O)C(=O)c1nnc(-c2nc3ccccc3s2)c2ccccc12. The smallest absolute Gasteiger partial charge is 0.379 e. The van der Waals surface area contributed by atoms with Crippen LogP contribution in [0.4, 0.5) is 0 Å². The Morgan fingerprint density at radius 1 is 0.917 bits per heavy atom. The zero-order valence-electron chi connectivity index (χ0n) is 12.1. The van der Waals surface area contributed by atoms with Gasteiger partial charge in [-0.05, 0) is 12.1 Å². The van der Waals surface area contributed by atoms with Gasteiger partial charge in [0.25, 0.3) is 5.78 Å². The van der Waals surface area contributed by atoms with E-state index in [0.717, 1.165) is 10.2 Å². The number of carbonyl (C=O) groups excluding carboxylic acids is 1. The van der Waals surface area contributed by atoms with Crippen LogP contribution in [0.5, 0.6) is 0 Å². The van der Waals surface area contributed by atoms with E-state index in [9.17, 15) is 9.59 Å². The van der Waals surface area contributed by atoms with Gasteiger partial charge >= 0.3 is 5.97 Å². The summed E-state index contributed by atoms with van der Waals surface area (Å²) in [6.07, 6.45) is 0. The van der Waals surface area contributed by atoms with Crippen molar-refractivity contribution in [3.8, 4) is 10.7 Å². The monoisotopic (exact) mass is 335 g/mol. The number of nitrogens with zero attached hydrogens (tertiary/aromatic N) is 3. The number of para-hydroxylation sites is 1. The summed E-state index contributed by atoms with van der Waals surface area (Å²) in [5.74, 6) is -2.63. The maximum Gasteiger partial charge on any atom is 0.379 e. The molecule has 1 N–H and O–H groups in total. The maximum absolute atomic E-state index is 11.8. The molecule has 2 aromatic carbocycles. The lowest BCUT2D eigenvalue weighted by molar-refractivity contribution is -0.131. The summed E-state index contributed by atoms with van der Waals surface area (Å²) in [7, 11) is 0. The number of carboxylic acid groups (broad SMARTS) is 1. The highest BCUT2D eigenvalue weighted by Crippen LogP contribution is 2.33. The summed E-state index contributed by atoms with van der Waals surface area (Å²) < 4.78 is 1.02. The molecule has 0 aliphatic heterocycles. The number of carboxylic acids is 1. The summed E-state index contributed by atoms with van der Waals surface area (Å²) in [5.41, 5.74) is 1.23. The number of carbonyl (C=O) groups is 2. The fourth-order valence-corrected chi connectivity index (χ4v) is 3.47. The molecule has 2 heterocycles. The predicted octanol–water partition coefficient (Wildman–Crippen LogP) is 3.17. The van der Waals surface area contributed by atoms with E-state index in [2.05, 4.69) is 15.2 Å². The number of ketones is 1. The van der Waals surface area contributed by atoms with Crippen molar-refractivity contribution in [1.82, 2.24) is 15.2 Å². The van der Waals surface area contributed by atoms with Crippen molar-refractivity contribution in [3.05, 3.63) is 54.2 Å². The Morgan fingerprint density at radius 3 is 2.38 bits per heavy atom. The van der Waals surface area contributed by atoms with Gasteiger partial charge in [-0.3, -0.25) is 4.79 Å². The average molecular weight is 335 g/mol. The number of aliphatic carboxylic acids is 1. The van der Waals surface area contributed by atoms with Crippen molar-refractivity contribution in [2.24, 2.45) is 0 Å². The van der Waals surface area contributed by atoms with Gasteiger partial charge in [0.1, 0.15) is 16.4 Å². The molecule has 0 radical (unpaired) electrons. The molecule has 0 saturated carbocycles. The van der Waals surface area contributed by atoms with Crippen molar-refractivity contribution >= 4 is 44.1 Å². The van der Waals surface area contributed by atoms with Crippen molar-refractivity contribution < 1.29 is 14.7 Å². The quantitative estimate of drug-likeness (QED) is 0.456. The van der Waals surface area contributed by atoms with E-state index >= 15 is 0 Å². The number of fused-ring (bicyclic) bond motifs is 2. The zero-order valence-corrected chi connectivity index (χ0v) is 12.9. The largest absolute Gasteiger partial charge is 0.475 e. The van der Waals surface area contributed by atoms with Crippen LogP contribution in [-0.4, -0.2) is 32.0 Å². The third kappa shape index (κ3) is 2.22. The van der Waals surface area contributed by atoms with E-state index in [4.69, 9.17) is 5.11 Å². The Kier molecular flexibility index (Phi) is 3.28. The van der Waals surface area contributed by atoms with Gasteiger partial charge in [-0.2, -0.15) is 0 Å². The van der Waals surface area contributed by atoms with Crippen molar-refractivity contribution in [3.63, 3.8) is 0 Å². The lowest BCUT2D eigenvalue weighted by atomic mass is 10.1. The van der Waals surface area contributed by atoms with Gasteiger partial charge in [0.2, 0.25) is 0 Å². The van der Waals surface area contributed by atoms with E-state index in [0.29, 0.717) is 21.5 Å². The third-order valence-electron chi connectivity index (χ3n) is 3.59. The van der Waals surface area contributed by atoms with Crippen LogP contribution in [0.2, 0.25) is 0 Å².